The molecule has 0 aliphatic rings. The number of hydrogen-bond acceptors (Lipinski definition) is 8. The third-order valence-corrected chi connectivity index (χ3v) is 0.671. The number of nitrogens with zero attached hydrogens (tertiary/aromatic N) is 2. The van der Waals surface area contributed by atoms with Gasteiger partial charge >= 0.3 is 27.7 Å². The first-order valence-corrected chi connectivity index (χ1v) is 4.67. The first-order valence-electron chi connectivity index (χ1n) is 1.86. The number of hydrogen-bond donors (Lipinski definition) is 0. The van der Waals surface area contributed by atoms with Crippen LogP contribution in [-0.2, 0) is 47.9 Å². The van der Waals surface area contributed by atoms with Crippen molar-refractivity contribution < 1.29 is 53.6 Å². The summed E-state index contributed by atoms with van der Waals surface area (Å²) in [5, 5.41) is 15.5. The zero-order valence-corrected chi connectivity index (χ0v) is 13.0. The Morgan fingerprint density at radius 3 is 0.923 bits per heavy atom. The Hall–Kier alpha value is -0.265. The third kappa shape index (κ3) is 33.8. The Bertz CT molecular complexity index is 367. The molecule has 0 heterocycles. The molecule has 0 amide bonds. The average Bonchev–Trinajstić information content (AvgIpc) is 1.86. The van der Waals surface area contributed by atoms with Crippen LogP contribution >= 0.6 is 0 Å². The molecular weight excluding hydrogens is 413 g/mol. The van der Waals surface area contributed by atoms with Gasteiger partial charge in [0.2, 0.25) is 0 Å². The Morgan fingerprint density at radius 1 is 0.846 bits per heavy atom. The van der Waals surface area contributed by atoms with Crippen LogP contribution in [0.5, 0.6) is 0 Å². The molecule has 0 bridgehead atoms. The Morgan fingerprint density at radius 2 is 0.923 bits per heavy atom. The first kappa shape index (κ1) is 18.5. The van der Waals surface area contributed by atoms with Crippen LogP contribution in [0.15, 0.2) is 0 Å². The van der Waals surface area contributed by atoms with Crippen molar-refractivity contribution in [1.82, 2.24) is 0 Å². The monoisotopic (exact) mass is 414 g/mol. The summed E-state index contributed by atoms with van der Waals surface area (Å²) in [4.78, 5) is 0. The van der Waals surface area contributed by atoms with Crippen molar-refractivity contribution in [3.05, 3.63) is 0 Å². The van der Waals surface area contributed by atoms with E-state index in [9.17, 15) is 0 Å². The second-order valence-electron chi connectivity index (χ2n) is 1.09. The molecule has 0 radical (unpaired) electrons. The normalized spacial score (nSPS) is 9.23. The van der Waals surface area contributed by atoms with E-state index in [4.69, 9.17) is 36.5 Å². The molecule has 0 atom stereocenters. The maximum absolute atomic E-state index is 9.08. The molecule has 68 valence electrons. The first-order chi connectivity index (χ1) is 5.12. The Labute approximate surface area is 94.8 Å². The largest absolute Gasteiger partial charge is 2.00 e. The van der Waals surface area contributed by atoms with Crippen LogP contribution in [0, 0.1) is 21.3 Å². The Balaban J connectivity index is -0.000000143. The van der Waals surface area contributed by atoms with Crippen molar-refractivity contribution in [2.24, 2.45) is 0 Å². The van der Waals surface area contributed by atoms with Crippen LogP contribution in [0.1, 0.15) is 0 Å². The molecule has 0 aliphatic heterocycles. The summed E-state index contributed by atoms with van der Waals surface area (Å²) in [6, 6.07) is 0. The molecule has 0 rings (SSSR count). The summed E-state index contributed by atoms with van der Waals surface area (Å²) < 4.78 is 54.5. The van der Waals surface area contributed by atoms with Crippen molar-refractivity contribution in [1.29, 1.82) is 10.5 Å². The van der Waals surface area contributed by atoms with Crippen molar-refractivity contribution in [3.8, 4) is 10.8 Å². The van der Waals surface area contributed by atoms with E-state index in [1.807, 2.05) is 0 Å². The summed E-state index contributed by atoms with van der Waals surface area (Å²) in [7, 11) is -9.21. The molecule has 11 heteroatoms. The summed E-state index contributed by atoms with van der Waals surface area (Å²) in [6.45, 7) is 0. The Kier molecular flexibility index (Phi) is 10.2. The summed E-state index contributed by atoms with van der Waals surface area (Å²) >= 11 is 0. The van der Waals surface area contributed by atoms with E-state index in [0.717, 1.165) is 0 Å². The average molecular weight is 413 g/mol. The molecule has 13 heavy (non-hydrogen) atoms. The van der Waals surface area contributed by atoms with Gasteiger partial charge in [-0.2, -0.15) is 10.5 Å². The van der Waals surface area contributed by atoms with Crippen LogP contribution in [0.2, 0.25) is 0 Å². The van der Waals surface area contributed by atoms with E-state index in [1.54, 1.807) is 0 Å². The summed E-state index contributed by atoms with van der Waals surface area (Å²) in [5.41, 5.74) is 0. The SMILES string of the molecule is N#CS(=O)(=O)[O-].N#CS(=O)(=O)[O-].[Hg+2]. The molecular formula is C2HgN2O6S2. The molecule has 0 saturated heterocycles. The van der Waals surface area contributed by atoms with Crippen molar-refractivity contribution in [2.45, 2.75) is 0 Å². The minimum Gasteiger partial charge on any atom is -0.736 e. The molecule has 8 nitrogen and oxygen atoms in total. The van der Waals surface area contributed by atoms with Gasteiger partial charge in [0.05, 0.1) is 0 Å². The molecule has 0 aliphatic carbocycles. The molecule has 0 saturated carbocycles. The van der Waals surface area contributed by atoms with Crippen molar-refractivity contribution in [2.75, 3.05) is 0 Å². The number of nitriles is 2. The van der Waals surface area contributed by atoms with E-state index in [0.29, 0.717) is 10.8 Å². The zero-order chi connectivity index (χ0) is 10.4. The van der Waals surface area contributed by atoms with E-state index >= 15 is 0 Å². The van der Waals surface area contributed by atoms with E-state index in [1.165, 1.54) is 0 Å². The van der Waals surface area contributed by atoms with Crippen molar-refractivity contribution >= 4 is 20.2 Å². The molecule has 0 aromatic rings. The predicted molar refractivity (Wildman–Crippen MR) is 30.6 cm³/mol. The molecule has 0 N–H and O–H groups in total. The van der Waals surface area contributed by atoms with Gasteiger partial charge in [0, 0.05) is 0 Å². The molecule has 0 spiro atoms. The quantitative estimate of drug-likeness (QED) is 0.191. The van der Waals surface area contributed by atoms with Gasteiger partial charge in [0.1, 0.15) is 0 Å². The van der Waals surface area contributed by atoms with Gasteiger partial charge in [-0.25, -0.2) is 16.8 Å². The van der Waals surface area contributed by atoms with Crippen LogP contribution in [0.3, 0.4) is 0 Å². The number of rotatable bonds is 0. The second kappa shape index (κ2) is 7.17. The minimum absolute atomic E-state index is 0. The standard InChI is InChI=1S/2CHNO3S.Hg/c2*2-1-6(3,4)5;/h2*(H,3,4,5);/q;;+2/p-2. The molecule has 0 aromatic carbocycles. The molecule has 0 unspecified atom stereocenters. The maximum atomic E-state index is 9.08. The van der Waals surface area contributed by atoms with Gasteiger partial charge < -0.3 is 9.11 Å². The molecule has 0 fully saturated rings. The third-order valence-electron chi connectivity index (χ3n) is 0.224. The van der Waals surface area contributed by atoms with Gasteiger partial charge in [-0.1, -0.05) is 0 Å². The van der Waals surface area contributed by atoms with Crippen LogP contribution < -0.4 is 0 Å². The van der Waals surface area contributed by atoms with E-state index in [-0.39, 0.29) is 27.7 Å². The van der Waals surface area contributed by atoms with Gasteiger partial charge in [0.25, 0.3) is 0 Å². The van der Waals surface area contributed by atoms with Crippen LogP contribution in [0.4, 0.5) is 0 Å². The van der Waals surface area contributed by atoms with Gasteiger partial charge in [-0.05, 0) is 0 Å². The van der Waals surface area contributed by atoms with E-state index < -0.39 is 20.2 Å². The van der Waals surface area contributed by atoms with Gasteiger partial charge in [-0.3, -0.25) is 0 Å². The molecule has 0 aromatic heterocycles. The van der Waals surface area contributed by atoms with Crippen LogP contribution in [-0.4, -0.2) is 25.9 Å². The van der Waals surface area contributed by atoms with Crippen molar-refractivity contribution in [3.63, 3.8) is 0 Å². The van der Waals surface area contributed by atoms with Gasteiger partial charge in [-0.15, -0.1) is 0 Å². The number of thiocyanates is 2. The fraction of sp³-hybridized carbons (Fsp3) is 0. The minimum atomic E-state index is -4.61. The zero-order valence-electron chi connectivity index (χ0n) is 5.87. The van der Waals surface area contributed by atoms with Gasteiger partial charge in [0.15, 0.2) is 31.0 Å². The fourth-order valence-corrected chi connectivity index (χ4v) is 0. The summed E-state index contributed by atoms with van der Waals surface area (Å²) in [5.74, 6) is 0. The fourth-order valence-electron chi connectivity index (χ4n) is 0. The maximum Gasteiger partial charge on any atom is 2.00 e. The summed E-state index contributed by atoms with van der Waals surface area (Å²) in [6.07, 6.45) is 0. The predicted octanol–water partition coefficient (Wildman–Crippen LogP) is -1.98. The van der Waals surface area contributed by atoms with Crippen LogP contribution in [0.25, 0.3) is 0 Å². The topological polar surface area (TPSA) is 162 Å². The van der Waals surface area contributed by atoms with E-state index in [2.05, 4.69) is 0 Å². The smallest absolute Gasteiger partial charge is 0.736 e. The second-order valence-corrected chi connectivity index (χ2v) is 3.27.